The van der Waals surface area contributed by atoms with E-state index in [4.69, 9.17) is 11.6 Å². The largest absolute Gasteiger partial charge is 0.370 e. The second kappa shape index (κ2) is 6.12. The maximum Gasteiger partial charge on any atom is 0.0875 e. The van der Waals surface area contributed by atoms with Crippen molar-refractivity contribution in [2.45, 2.75) is 18.7 Å². The monoisotopic (exact) mass is 309 g/mol. The average molecular weight is 310 g/mol. The maximum absolute atomic E-state index is 6.07. The Balaban J connectivity index is 2.42. The molecule has 19 heavy (non-hydrogen) atoms. The second-order valence-electron chi connectivity index (χ2n) is 4.78. The fourth-order valence-electron chi connectivity index (χ4n) is 1.85. The highest BCUT2D eigenvalue weighted by Crippen LogP contribution is 2.35. The molecule has 0 amide bonds. The zero-order valence-corrected chi connectivity index (χ0v) is 13.3. The first-order chi connectivity index (χ1) is 9.02. The topological polar surface area (TPSA) is 12.0 Å². The summed E-state index contributed by atoms with van der Waals surface area (Å²) in [5, 5.41) is 4.24. The molecule has 1 nitrogen and oxygen atoms in total. The number of hydrogen-bond acceptors (Lipinski definition) is 3. The van der Waals surface area contributed by atoms with E-state index >= 15 is 0 Å². The molecule has 2 aromatic rings. The molecule has 0 spiro atoms. The van der Waals surface area contributed by atoms with E-state index in [1.165, 1.54) is 10.8 Å². The Hall–Kier alpha value is -0.770. The van der Waals surface area contributed by atoms with E-state index in [1.807, 2.05) is 30.3 Å². The van der Waals surface area contributed by atoms with E-state index in [2.05, 4.69) is 49.0 Å². The predicted molar refractivity (Wildman–Crippen MR) is 91.2 cm³/mol. The Morgan fingerprint density at radius 1 is 1.11 bits per heavy atom. The first kappa shape index (κ1) is 14.6. The summed E-state index contributed by atoms with van der Waals surface area (Å²) >= 11 is 10.4. The van der Waals surface area contributed by atoms with Crippen LogP contribution >= 0.6 is 34.1 Å². The van der Waals surface area contributed by atoms with Crippen LogP contribution in [0.4, 0.5) is 5.69 Å². The van der Waals surface area contributed by atoms with Crippen LogP contribution < -0.4 is 5.32 Å². The van der Waals surface area contributed by atoms with Crippen LogP contribution in [0, 0.1) is 0 Å². The van der Waals surface area contributed by atoms with Gasteiger partial charge >= 0.3 is 0 Å². The Morgan fingerprint density at radius 3 is 2.53 bits per heavy atom. The van der Waals surface area contributed by atoms with Gasteiger partial charge in [-0.1, -0.05) is 52.7 Å². The third-order valence-electron chi connectivity index (χ3n) is 2.73. The van der Waals surface area contributed by atoms with Crippen molar-refractivity contribution in [3.63, 3.8) is 0 Å². The molecule has 2 rings (SSSR count). The average Bonchev–Trinajstić information content (AvgIpc) is 2.39. The first-order valence-corrected chi connectivity index (χ1v) is 8.22. The lowest BCUT2D eigenvalue weighted by atomic mass is 10.0. The zero-order chi connectivity index (χ0) is 13.9. The molecular weight excluding hydrogens is 294 g/mol. The van der Waals surface area contributed by atoms with E-state index in [1.54, 1.807) is 0 Å². The third-order valence-corrected chi connectivity index (χ3v) is 4.89. The highest BCUT2D eigenvalue weighted by molar-refractivity contribution is 8.69. The lowest BCUT2D eigenvalue weighted by Gasteiger charge is -2.26. The van der Waals surface area contributed by atoms with E-state index in [9.17, 15) is 0 Å². The van der Waals surface area contributed by atoms with Gasteiger partial charge < -0.3 is 5.32 Å². The number of thiol groups is 1. The Morgan fingerprint density at radius 2 is 1.84 bits per heavy atom. The molecular formula is C15H16ClNS2. The fourth-order valence-corrected chi connectivity index (χ4v) is 2.33. The highest BCUT2D eigenvalue weighted by atomic mass is 35.5. The van der Waals surface area contributed by atoms with Crippen LogP contribution in [-0.4, -0.2) is 4.87 Å². The fraction of sp³-hybridized carbons (Fsp3) is 0.200. The molecule has 0 saturated carbocycles. The molecule has 0 saturated heterocycles. The van der Waals surface area contributed by atoms with Crippen LogP contribution in [0.1, 0.15) is 13.8 Å². The van der Waals surface area contributed by atoms with Gasteiger partial charge in [0.2, 0.25) is 0 Å². The highest BCUT2D eigenvalue weighted by Gasteiger charge is 2.17. The number of nitrogens with one attached hydrogen (secondary N) is 1. The third kappa shape index (κ3) is 3.85. The summed E-state index contributed by atoms with van der Waals surface area (Å²) in [6, 6.07) is 16.1. The molecule has 2 aromatic carbocycles. The van der Waals surface area contributed by atoms with Crippen LogP contribution in [0.25, 0.3) is 11.1 Å². The van der Waals surface area contributed by atoms with E-state index in [-0.39, 0.29) is 4.87 Å². The van der Waals surface area contributed by atoms with Crippen molar-refractivity contribution in [1.82, 2.24) is 0 Å². The summed E-state index contributed by atoms with van der Waals surface area (Å²) < 4.78 is 0. The number of rotatable bonds is 4. The molecule has 0 radical (unpaired) electrons. The molecule has 0 aromatic heterocycles. The van der Waals surface area contributed by atoms with E-state index in [0.29, 0.717) is 0 Å². The van der Waals surface area contributed by atoms with Gasteiger partial charge in [0.1, 0.15) is 0 Å². The van der Waals surface area contributed by atoms with Gasteiger partial charge in [-0.05, 0) is 37.6 Å². The molecule has 0 aliphatic rings. The van der Waals surface area contributed by atoms with Gasteiger partial charge in [0.25, 0.3) is 0 Å². The standard InChI is InChI=1S/C15H16ClNS2/c1-15(2,19-18)17-14-9-4-3-8-13(14)11-6-5-7-12(16)10-11/h3-10,17-18H,1-2H3. The van der Waals surface area contributed by atoms with Gasteiger partial charge in [0, 0.05) is 16.3 Å². The maximum atomic E-state index is 6.07. The summed E-state index contributed by atoms with van der Waals surface area (Å²) in [5.41, 5.74) is 3.33. The molecule has 4 heteroatoms. The Bertz CT molecular complexity index is 570. The molecule has 0 bridgehead atoms. The molecule has 100 valence electrons. The van der Waals surface area contributed by atoms with Crippen LogP contribution in [0.5, 0.6) is 0 Å². The minimum absolute atomic E-state index is 0.141. The molecule has 0 aliphatic heterocycles. The minimum Gasteiger partial charge on any atom is -0.370 e. The molecule has 0 unspecified atom stereocenters. The normalized spacial score (nSPS) is 11.4. The van der Waals surface area contributed by atoms with E-state index in [0.717, 1.165) is 21.8 Å². The van der Waals surface area contributed by atoms with Gasteiger partial charge in [-0.15, -0.1) is 11.7 Å². The Labute approximate surface area is 128 Å². The van der Waals surface area contributed by atoms with Gasteiger partial charge in [0.15, 0.2) is 0 Å². The summed E-state index contributed by atoms with van der Waals surface area (Å²) in [7, 11) is 1.49. The smallest absolute Gasteiger partial charge is 0.0875 e. The zero-order valence-electron chi connectivity index (χ0n) is 10.9. The van der Waals surface area contributed by atoms with Crippen molar-refractivity contribution in [2.24, 2.45) is 0 Å². The summed E-state index contributed by atoms with van der Waals surface area (Å²) in [5.74, 6) is 0. The van der Waals surface area contributed by atoms with Crippen molar-refractivity contribution in [3.05, 3.63) is 53.6 Å². The molecule has 0 heterocycles. The molecule has 1 N–H and O–H groups in total. The minimum atomic E-state index is -0.141. The number of benzene rings is 2. The SMILES string of the molecule is CC(C)(Nc1ccccc1-c1cccc(Cl)c1)SS. The number of halogens is 1. The van der Waals surface area contributed by atoms with E-state index < -0.39 is 0 Å². The van der Waals surface area contributed by atoms with Crippen molar-refractivity contribution in [3.8, 4) is 11.1 Å². The van der Waals surface area contributed by atoms with Crippen LogP contribution in [0.3, 0.4) is 0 Å². The quantitative estimate of drug-likeness (QED) is 0.425. The van der Waals surface area contributed by atoms with Crippen LogP contribution in [0.15, 0.2) is 48.5 Å². The summed E-state index contributed by atoms with van der Waals surface area (Å²) in [6.07, 6.45) is 0. The number of hydrogen-bond donors (Lipinski definition) is 2. The summed E-state index contributed by atoms with van der Waals surface area (Å²) in [6.45, 7) is 4.19. The van der Waals surface area contributed by atoms with Crippen molar-refractivity contribution in [2.75, 3.05) is 5.32 Å². The number of anilines is 1. The van der Waals surface area contributed by atoms with Crippen LogP contribution in [0.2, 0.25) is 5.02 Å². The Kier molecular flexibility index (Phi) is 4.71. The molecule has 0 fully saturated rings. The van der Waals surface area contributed by atoms with Gasteiger partial charge in [-0.2, -0.15) is 0 Å². The first-order valence-electron chi connectivity index (χ1n) is 5.97. The van der Waals surface area contributed by atoms with Gasteiger partial charge in [-0.25, -0.2) is 0 Å². The van der Waals surface area contributed by atoms with Crippen LogP contribution in [-0.2, 0) is 0 Å². The summed E-state index contributed by atoms with van der Waals surface area (Å²) in [4.78, 5) is -0.141. The van der Waals surface area contributed by atoms with Gasteiger partial charge in [0.05, 0.1) is 4.87 Å². The predicted octanol–water partition coefficient (Wildman–Crippen LogP) is 5.73. The van der Waals surface area contributed by atoms with Gasteiger partial charge in [-0.3, -0.25) is 0 Å². The second-order valence-corrected chi connectivity index (χ2v) is 6.97. The van der Waals surface area contributed by atoms with Crippen molar-refractivity contribution in [1.29, 1.82) is 0 Å². The number of para-hydroxylation sites is 1. The van der Waals surface area contributed by atoms with Crippen molar-refractivity contribution >= 4 is 39.7 Å². The lowest BCUT2D eigenvalue weighted by Crippen LogP contribution is -2.25. The molecule has 0 aliphatic carbocycles. The lowest BCUT2D eigenvalue weighted by molar-refractivity contribution is 0.829. The molecule has 0 atom stereocenters. The van der Waals surface area contributed by atoms with Crippen molar-refractivity contribution < 1.29 is 0 Å².